The third-order valence-corrected chi connectivity index (χ3v) is 1.93. The Balaban J connectivity index is 2.75. The summed E-state index contributed by atoms with van der Waals surface area (Å²) in [7, 11) is 0. The van der Waals surface area contributed by atoms with Crippen LogP contribution in [0.2, 0.25) is 0 Å². The zero-order valence-electron chi connectivity index (χ0n) is 6.27. The van der Waals surface area contributed by atoms with Crippen LogP contribution in [0.5, 0.6) is 0 Å². The van der Waals surface area contributed by atoms with E-state index in [-0.39, 0.29) is 0 Å². The fraction of sp³-hybridized carbons (Fsp3) is 0.750. The second-order valence-electron chi connectivity index (χ2n) is 2.28. The molecule has 0 fully saturated rings. The molecule has 1 unspecified atom stereocenters. The molecule has 54 valence electrons. The zero-order valence-corrected chi connectivity index (χ0v) is 8.69. The maximum absolute atomic E-state index is 2.27. The van der Waals surface area contributed by atoms with Crippen molar-refractivity contribution in [2.24, 2.45) is 0 Å². The molecule has 0 aliphatic carbocycles. The third kappa shape index (κ3) is 8.30. The summed E-state index contributed by atoms with van der Waals surface area (Å²) in [5, 5.41) is 0. The molecule has 1 atom stereocenters. The average molecular weight is 188 g/mol. The van der Waals surface area contributed by atoms with Crippen molar-refractivity contribution in [1.29, 1.82) is 0 Å². The normalized spacial score (nSPS) is 10.9. The summed E-state index contributed by atoms with van der Waals surface area (Å²) >= 11 is 1.70. The molecule has 0 heterocycles. The van der Waals surface area contributed by atoms with E-state index in [1.165, 1.54) is 32.1 Å². The molecule has 0 aliphatic heterocycles. The number of rotatable bonds is 5. The van der Waals surface area contributed by atoms with E-state index in [1.807, 2.05) is 0 Å². The molecule has 0 saturated heterocycles. The minimum absolute atomic E-state index is 1.29. The Labute approximate surface area is 67.2 Å². The summed E-state index contributed by atoms with van der Waals surface area (Å²) in [5.74, 6) is 0. The first-order valence-electron chi connectivity index (χ1n) is 3.78. The van der Waals surface area contributed by atoms with Crippen molar-refractivity contribution in [2.75, 3.05) is 0 Å². The number of unbranched alkanes of at least 4 members (excludes halogenated alkanes) is 4. The van der Waals surface area contributed by atoms with Crippen molar-refractivity contribution in [2.45, 2.75) is 39.0 Å². The number of allylic oxidation sites excluding steroid dienone is 1. The Hall–Kier alpha value is 0.298. The first-order chi connectivity index (χ1) is 4.41. The van der Waals surface area contributed by atoms with E-state index in [1.54, 1.807) is 16.9 Å². The van der Waals surface area contributed by atoms with Gasteiger partial charge in [0, 0.05) is 0 Å². The molecule has 0 nitrogen and oxygen atoms in total. The second-order valence-corrected chi connectivity index (χ2v) is 3.09. The second kappa shape index (κ2) is 8.30. The van der Waals surface area contributed by atoms with Crippen molar-refractivity contribution in [3.05, 3.63) is 10.9 Å². The van der Waals surface area contributed by atoms with Crippen molar-refractivity contribution in [3.8, 4) is 0 Å². The van der Waals surface area contributed by atoms with Crippen LogP contribution in [0.4, 0.5) is 0 Å². The molecule has 0 aliphatic rings. The molecule has 0 rings (SSSR count). The van der Waals surface area contributed by atoms with E-state index in [0.717, 1.165) is 0 Å². The van der Waals surface area contributed by atoms with Gasteiger partial charge in [-0.1, -0.05) is 0 Å². The predicted molar refractivity (Wildman–Crippen MR) is 46.4 cm³/mol. The van der Waals surface area contributed by atoms with Crippen LogP contribution in [-0.4, -0.2) is 16.9 Å². The van der Waals surface area contributed by atoms with Gasteiger partial charge in [0.05, 0.1) is 0 Å². The SMILES string of the molecule is CCCCCCC=C[AsH2]. The van der Waals surface area contributed by atoms with Crippen LogP contribution in [0.15, 0.2) is 10.9 Å². The number of hydrogen-bond acceptors (Lipinski definition) is 0. The standard InChI is InChI=1S/C8H17As/c1-2-3-4-5-6-7-8-9/h7-8H,2-6,9H2,1H3. The summed E-state index contributed by atoms with van der Waals surface area (Å²) in [6.07, 6.45) is 9.11. The Morgan fingerprint density at radius 2 is 2.00 bits per heavy atom. The topological polar surface area (TPSA) is 0 Å². The quantitative estimate of drug-likeness (QED) is 0.458. The minimum atomic E-state index is 1.29. The Morgan fingerprint density at radius 1 is 1.22 bits per heavy atom. The summed E-state index contributed by atoms with van der Waals surface area (Å²) in [6, 6.07) is 0. The molecule has 9 heavy (non-hydrogen) atoms. The van der Waals surface area contributed by atoms with Crippen LogP contribution in [0.1, 0.15) is 39.0 Å². The van der Waals surface area contributed by atoms with Crippen LogP contribution in [0.25, 0.3) is 0 Å². The maximum atomic E-state index is 2.27. The van der Waals surface area contributed by atoms with Gasteiger partial charge in [-0.25, -0.2) is 0 Å². The molecule has 0 N–H and O–H groups in total. The Kier molecular flexibility index (Phi) is 8.57. The first kappa shape index (κ1) is 9.30. The van der Waals surface area contributed by atoms with Crippen LogP contribution < -0.4 is 0 Å². The van der Waals surface area contributed by atoms with Crippen molar-refractivity contribution < 1.29 is 0 Å². The van der Waals surface area contributed by atoms with Gasteiger partial charge in [-0.05, 0) is 0 Å². The van der Waals surface area contributed by atoms with Gasteiger partial charge in [-0.2, -0.15) is 0 Å². The van der Waals surface area contributed by atoms with E-state index in [4.69, 9.17) is 0 Å². The molecule has 0 amide bonds. The van der Waals surface area contributed by atoms with E-state index in [9.17, 15) is 0 Å². The van der Waals surface area contributed by atoms with Crippen LogP contribution >= 0.6 is 0 Å². The van der Waals surface area contributed by atoms with E-state index in [0.29, 0.717) is 0 Å². The average Bonchev–Trinajstić information content (AvgIpc) is 1.89. The van der Waals surface area contributed by atoms with Gasteiger partial charge >= 0.3 is 66.8 Å². The van der Waals surface area contributed by atoms with E-state index >= 15 is 0 Å². The molecule has 0 radical (unpaired) electrons. The van der Waals surface area contributed by atoms with Crippen molar-refractivity contribution in [3.63, 3.8) is 0 Å². The molecule has 0 bridgehead atoms. The Morgan fingerprint density at radius 3 is 2.56 bits per heavy atom. The Bertz CT molecular complexity index is 67.0. The van der Waals surface area contributed by atoms with Crippen molar-refractivity contribution in [1.82, 2.24) is 0 Å². The van der Waals surface area contributed by atoms with E-state index in [2.05, 4.69) is 17.9 Å². The van der Waals surface area contributed by atoms with Gasteiger partial charge in [-0.3, -0.25) is 0 Å². The van der Waals surface area contributed by atoms with Gasteiger partial charge in [-0.15, -0.1) is 0 Å². The van der Waals surface area contributed by atoms with Gasteiger partial charge in [0.2, 0.25) is 0 Å². The molecule has 0 aromatic heterocycles. The molecular weight excluding hydrogens is 171 g/mol. The predicted octanol–water partition coefficient (Wildman–Crippen LogP) is 2.10. The van der Waals surface area contributed by atoms with Gasteiger partial charge in [0.25, 0.3) is 0 Å². The van der Waals surface area contributed by atoms with Crippen LogP contribution in [-0.2, 0) is 0 Å². The first-order valence-corrected chi connectivity index (χ1v) is 5.18. The molecular formula is C8H17As. The molecule has 0 aromatic rings. The summed E-state index contributed by atoms with van der Waals surface area (Å²) in [5.41, 5.74) is 0. The van der Waals surface area contributed by atoms with Gasteiger partial charge in [0.15, 0.2) is 0 Å². The molecule has 0 aromatic carbocycles. The van der Waals surface area contributed by atoms with Gasteiger partial charge < -0.3 is 0 Å². The van der Waals surface area contributed by atoms with Crippen LogP contribution in [0.3, 0.4) is 0 Å². The zero-order chi connectivity index (χ0) is 6.95. The molecule has 0 saturated carbocycles. The monoisotopic (exact) mass is 188 g/mol. The van der Waals surface area contributed by atoms with E-state index < -0.39 is 0 Å². The van der Waals surface area contributed by atoms with Gasteiger partial charge in [0.1, 0.15) is 0 Å². The third-order valence-electron chi connectivity index (χ3n) is 1.36. The fourth-order valence-corrected chi connectivity index (χ4v) is 1.19. The molecule has 1 heteroatoms. The number of hydrogen-bond donors (Lipinski definition) is 0. The fourth-order valence-electron chi connectivity index (χ4n) is 0.785. The summed E-state index contributed by atoms with van der Waals surface area (Å²) in [4.78, 5) is 2.19. The molecule has 0 spiro atoms. The summed E-state index contributed by atoms with van der Waals surface area (Å²) in [6.45, 7) is 2.25. The van der Waals surface area contributed by atoms with Crippen LogP contribution in [0, 0.1) is 0 Å². The van der Waals surface area contributed by atoms with Crippen molar-refractivity contribution >= 4 is 16.9 Å². The summed E-state index contributed by atoms with van der Waals surface area (Å²) < 4.78 is 0.